The van der Waals surface area contributed by atoms with Gasteiger partial charge in [0.2, 0.25) is 0 Å². The fraction of sp³-hybridized carbons (Fsp3) is 0.100. The molecular formula is C10H9N5O2S. The van der Waals surface area contributed by atoms with Crippen molar-refractivity contribution < 1.29 is 8.42 Å². The molecule has 0 atom stereocenters. The minimum Gasteiger partial charge on any atom is -0.263 e. The number of aryl methyl sites for hydroxylation is 1. The molecule has 0 fully saturated rings. The van der Waals surface area contributed by atoms with Crippen LogP contribution in [-0.2, 0) is 10.0 Å². The van der Waals surface area contributed by atoms with Gasteiger partial charge in [-0.1, -0.05) is 0 Å². The zero-order valence-electron chi connectivity index (χ0n) is 9.38. The summed E-state index contributed by atoms with van der Waals surface area (Å²) >= 11 is 0. The molecule has 0 radical (unpaired) electrons. The van der Waals surface area contributed by atoms with Crippen LogP contribution >= 0.6 is 0 Å². The van der Waals surface area contributed by atoms with Crippen molar-refractivity contribution in [2.45, 2.75) is 11.8 Å². The number of rotatable bonds is 3. The van der Waals surface area contributed by atoms with E-state index in [0.29, 0.717) is 11.4 Å². The van der Waals surface area contributed by atoms with Gasteiger partial charge in [0.15, 0.2) is 0 Å². The molecule has 0 aromatic carbocycles. The molecule has 0 unspecified atom stereocenters. The number of pyridine rings is 1. The van der Waals surface area contributed by atoms with Crippen LogP contribution in [0.15, 0.2) is 29.4 Å². The fourth-order valence-corrected chi connectivity index (χ4v) is 2.28. The smallest absolute Gasteiger partial charge is 0.263 e. The van der Waals surface area contributed by atoms with Gasteiger partial charge in [-0.3, -0.25) is 9.82 Å². The van der Waals surface area contributed by atoms with Crippen molar-refractivity contribution in [2.24, 2.45) is 0 Å². The van der Waals surface area contributed by atoms with Crippen LogP contribution in [0.5, 0.6) is 0 Å². The van der Waals surface area contributed by atoms with Gasteiger partial charge in [0.1, 0.15) is 22.5 Å². The first kappa shape index (κ1) is 12.1. The number of aromatic amines is 1. The minimum atomic E-state index is -3.72. The van der Waals surface area contributed by atoms with Crippen LogP contribution in [0.4, 0.5) is 5.82 Å². The first-order valence-electron chi connectivity index (χ1n) is 4.92. The number of hydrogen-bond acceptors (Lipinski definition) is 5. The Kier molecular flexibility index (Phi) is 2.99. The molecule has 0 aliphatic rings. The third kappa shape index (κ3) is 2.31. The van der Waals surface area contributed by atoms with E-state index in [4.69, 9.17) is 5.26 Å². The van der Waals surface area contributed by atoms with E-state index in [1.54, 1.807) is 6.92 Å². The maximum atomic E-state index is 12.0. The van der Waals surface area contributed by atoms with E-state index < -0.39 is 10.0 Å². The van der Waals surface area contributed by atoms with Gasteiger partial charge in [0.05, 0.1) is 6.20 Å². The predicted octanol–water partition coefficient (Wildman–Crippen LogP) is 0.786. The van der Waals surface area contributed by atoms with Crippen LogP contribution < -0.4 is 4.72 Å². The molecule has 2 aromatic heterocycles. The van der Waals surface area contributed by atoms with E-state index in [-0.39, 0.29) is 10.6 Å². The summed E-state index contributed by atoms with van der Waals surface area (Å²) in [5, 5.41) is 14.8. The van der Waals surface area contributed by atoms with E-state index in [1.165, 1.54) is 18.3 Å². The molecule has 0 bridgehead atoms. The van der Waals surface area contributed by atoms with Gasteiger partial charge in [-0.2, -0.15) is 10.4 Å². The van der Waals surface area contributed by atoms with Crippen molar-refractivity contribution in [1.82, 2.24) is 15.2 Å². The number of anilines is 1. The summed E-state index contributed by atoms with van der Waals surface area (Å²) < 4.78 is 26.3. The Hall–Kier alpha value is -2.40. The Bertz CT molecular complexity index is 697. The number of sulfonamides is 1. The second-order valence-corrected chi connectivity index (χ2v) is 5.21. The molecule has 0 aliphatic carbocycles. The van der Waals surface area contributed by atoms with E-state index >= 15 is 0 Å². The van der Waals surface area contributed by atoms with E-state index in [0.717, 1.165) is 6.20 Å². The molecule has 2 heterocycles. The molecule has 0 amide bonds. The predicted molar refractivity (Wildman–Crippen MR) is 63.1 cm³/mol. The molecular weight excluding hydrogens is 254 g/mol. The Morgan fingerprint density at radius 1 is 1.39 bits per heavy atom. The monoisotopic (exact) mass is 263 g/mol. The highest BCUT2D eigenvalue weighted by atomic mass is 32.2. The van der Waals surface area contributed by atoms with E-state index in [2.05, 4.69) is 19.9 Å². The molecule has 0 aliphatic heterocycles. The Morgan fingerprint density at radius 3 is 2.67 bits per heavy atom. The molecule has 92 valence electrons. The lowest BCUT2D eigenvalue weighted by atomic mass is 10.4. The average molecular weight is 263 g/mol. The number of H-pyrrole nitrogens is 1. The fourth-order valence-electron chi connectivity index (χ4n) is 1.25. The lowest BCUT2D eigenvalue weighted by molar-refractivity contribution is 0.600. The summed E-state index contributed by atoms with van der Waals surface area (Å²) in [5.74, 6) is 0.305. The standard InChI is InChI=1S/C10H9N5O2S/c1-7-5-13-14-10(7)15-18(16,17)9-3-2-8(4-11)12-6-9/h2-3,5-6H,1H3,(H2,13,14,15). The van der Waals surface area contributed by atoms with Gasteiger partial charge >= 0.3 is 0 Å². The number of nitrogens with zero attached hydrogens (tertiary/aromatic N) is 3. The lowest BCUT2D eigenvalue weighted by Crippen LogP contribution is -2.14. The van der Waals surface area contributed by atoms with Gasteiger partial charge in [0, 0.05) is 11.8 Å². The molecule has 2 N–H and O–H groups in total. The molecule has 2 aromatic rings. The van der Waals surface area contributed by atoms with Crippen molar-refractivity contribution >= 4 is 15.8 Å². The summed E-state index contributed by atoms with van der Waals surface area (Å²) in [4.78, 5) is 3.69. The maximum absolute atomic E-state index is 12.0. The zero-order valence-corrected chi connectivity index (χ0v) is 10.2. The highest BCUT2D eigenvalue weighted by Gasteiger charge is 2.16. The van der Waals surface area contributed by atoms with Crippen LogP contribution in [0, 0.1) is 18.3 Å². The van der Waals surface area contributed by atoms with Gasteiger partial charge in [-0.05, 0) is 19.1 Å². The normalized spacial score (nSPS) is 10.9. The van der Waals surface area contributed by atoms with Gasteiger partial charge in [-0.15, -0.1) is 0 Å². The molecule has 18 heavy (non-hydrogen) atoms. The summed E-state index contributed by atoms with van der Waals surface area (Å²) in [5.41, 5.74) is 0.840. The van der Waals surface area contributed by atoms with Crippen LogP contribution in [0.1, 0.15) is 11.3 Å². The van der Waals surface area contributed by atoms with Crippen molar-refractivity contribution in [2.75, 3.05) is 4.72 Å². The number of nitriles is 1. The molecule has 0 saturated carbocycles. The Morgan fingerprint density at radius 2 is 2.17 bits per heavy atom. The van der Waals surface area contributed by atoms with Gasteiger partial charge in [0.25, 0.3) is 10.0 Å². The van der Waals surface area contributed by atoms with E-state index in [9.17, 15) is 8.42 Å². The summed E-state index contributed by atoms with van der Waals surface area (Å²) in [7, 11) is -3.72. The molecule has 8 heteroatoms. The molecule has 0 saturated heterocycles. The Labute approximate surface area is 104 Å². The number of hydrogen-bond donors (Lipinski definition) is 2. The van der Waals surface area contributed by atoms with Crippen LogP contribution in [0.2, 0.25) is 0 Å². The quantitative estimate of drug-likeness (QED) is 0.850. The molecule has 2 rings (SSSR count). The zero-order chi connectivity index (χ0) is 13.2. The van der Waals surface area contributed by atoms with Crippen molar-refractivity contribution in [1.29, 1.82) is 5.26 Å². The average Bonchev–Trinajstić information content (AvgIpc) is 2.74. The van der Waals surface area contributed by atoms with Crippen LogP contribution in [0.25, 0.3) is 0 Å². The third-order valence-electron chi connectivity index (χ3n) is 2.23. The number of nitrogens with one attached hydrogen (secondary N) is 2. The first-order valence-corrected chi connectivity index (χ1v) is 6.40. The second-order valence-electron chi connectivity index (χ2n) is 3.52. The lowest BCUT2D eigenvalue weighted by Gasteiger charge is -2.06. The summed E-state index contributed by atoms with van der Waals surface area (Å²) in [6, 6.07) is 4.48. The van der Waals surface area contributed by atoms with Crippen LogP contribution in [-0.4, -0.2) is 23.6 Å². The third-order valence-corrected chi connectivity index (χ3v) is 3.56. The largest absolute Gasteiger partial charge is 0.264 e. The van der Waals surface area contributed by atoms with Gasteiger partial charge in [-0.25, -0.2) is 13.4 Å². The van der Waals surface area contributed by atoms with Crippen molar-refractivity contribution in [3.63, 3.8) is 0 Å². The first-order chi connectivity index (χ1) is 8.53. The van der Waals surface area contributed by atoms with E-state index in [1.807, 2.05) is 6.07 Å². The van der Waals surface area contributed by atoms with Gasteiger partial charge < -0.3 is 0 Å². The van der Waals surface area contributed by atoms with Crippen molar-refractivity contribution in [3.8, 4) is 6.07 Å². The van der Waals surface area contributed by atoms with Crippen molar-refractivity contribution in [3.05, 3.63) is 35.8 Å². The molecule has 7 nitrogen and oxygen atoms in total. The van der Waals surface area contributed by atoms with Crippen LogP contribution in [0.3, 0.4) is 0 Å². The highest BCUT2D eigenvalue weighted by molar-refractivity contribution is 7.92. The second kappa shape index (κ2) is 4.46. The SMILES string of the molecule is Cc1cn[nH]c1NS(=O)(=O)c1ccc(C#N)nc1. The number of aromatic nitrogens is 3. The maximum Gasteiger partial charge on any atom is 0.264 e. The molecule has 0 spiro atoms. The highest BCUT2D eigenvalue weighted by Crippen LogP contribution is 2.16. The topological polar surface area (TPSA) is 112 Å². The summed E-state index contributed by atoms with van der Waals surface area (Å²) in [6.07, 6.45) is 2.64. The minimum absolute atomic E-state index is 0.0181. The summed E-state index contributed by atoms with van der Waals surface area (Å²) in [6.45, 7) is 1.72. The Balaban J connectivity index is 2.31.